The molecule has 0 aromatic heterocycles. The Morgan fingerprint density at radius 1 is 0.806 bits per heavy atom. The summed E-state index contributed by atoms with van der Waals surface area (Å²) in [6, 6.07) is 26.0. The molecular weight excluding hydrogens is 388 g/mol. The average molecular weight is 417 g/mol. The summed E-state index contributed by atoms with van der Waals surface area (Å²) in [5.41, 5.74) is 2.52. The first-order valence-corrected chi connectivity index (χ1v) is 10.5. The number of carbonyl (C=O) groups is 2. The molecule has 3 aromatic carbocycles. The van der Waals surface area contributed by atoms with Crippen molar-refractivity contribution in [2.75, 3.05) is 6.61 Å². The Morgan fingerprint density at radius 3 is 2.00 bits per heavy atom. The molecule has 0 bridgehead atoms. The van der Waals surface area contributed by atoms with Crippen LogP contribution in [0.2, 0.25) is 0 Å². The van der Waals surface area contributed by atoms with Crippen molar-refractivity contribution >= 4 is 11.8 Å². The molecule has 5 nitrogen and oxygen atoms in total. The first-order chi connectivity index (χ1) is 15.1. The highest BCUT2D eigenvalue weighted by Gasteiger charge is 2.19. The van der Waals surface area contributed by atoms with Crippen LogP contribution in [0, 0.1) is 0 Å². The van der Waals surface area contributed by atoms with Crippen LogP contribution in [0.1, 0.15) is 47.8 Å². The van der Waals surface area contributed by atoms with Gasteiger partial charge in [-0.15, -0.1) is 0 Å². The largest absolute Gasteiger partial charge is 0.494 e. The van der Waals surface area contributed by atoms with Gasteiger partial charge in [-0.1, -0.05) is 60.7 Å². The fraction of sp³-hybridized carbons (Fsp3) is 0.231. The Balaban J connectivity index is 1.67. The maximum atomic E-state index is 12.8. The SMILES string of the molecule is CCOc1ccc([C@@H](NC(=O)C[C@@H](C)NC(=O)c2ccccc2)c2ccccc2)cc1. The molecule has 0 fully saturated rings. The van der Waals surface area contributed by atoms with Crippen LogP contribution in [-0.2, 0) is 4.79 Å². The maximum Gasteiger partial charge on any atom is 0.251 e. The van der Waals surface area contributed by atoms with Crippen LogP contribution in [0.3, 0.4) is 0 Å². The lowest BCUT2D eigenvalue weighted by Crippen LogP contribution is -2.38. The van der Waals surface area contributed by atoms with Gasteiger partial charge in [0, 0.05) is 18.0 Å². The average Bonchev–Trinajstić information content (AvgIpc) is 2.79. The highest BCUT2D eigenvalue weighted by Crippen LogP contribution is 2.24. The summed E-state index contributed by atoms with van der Waals surface area (Å²) in [4.78, 5) is 25.1. The smallest absolute Gasteiger partial charge is 0.251 e. The zero-order chi connectivity index (χ0) is 22.1. The molecule has 0 unspecified atom stereocenters. The summed E-state index contributed by atoms with van der Waals surface area (Å²) in [5.74, 6) is 0.470. The molecule has 2 N–H and O–H groups in total. The van der Waals surface area contributed by atoms with Crippen molar-refractivity contribution in [3.63, 3.8) is 0 Å². The quantitative estimate of drug-likeness (QED) is 0.540. The number of benzene rings is 3. The Morgan fingerprint density at radius 2 is 1.39 bits per heavy atom. The van der Waals surface area contributed by atoms with E-state index >= 15 is 0 Å². The molecule has 2 amide bonds. The molecule has 3 rings (SSSR count). The van der Waals surface area contributed by atoms with Crippen LogP contribution < -0.4 is 15.4 Å². The minimum atomic E-state index is -0.301. The van der Waals surface area contributed by atoms with Crippen molar-refractivity contribution in [1.29, 1.82) is 0 Å². The Labute approximate surface area is 183 Å². The first-order valence-electron chi connectivity index (χ1n) is 10.5. The van der Waals surface area contributed by atoms with Crippen molar-refractivity contribution in [3.05, 3.63) is 102 Å². The summed E-state index contributed by atoms with van der Waals surface area (Å²) >= 11 is 0. The van der Waals surface area contributed by atoms with Crippen LogP contribution in [0.5, 0.6) is 5.75 Å². The summed E-state index contributed by atoms with van der Waals surface area (Å²) < 4.78 is 5.53. The van der Waals surface area contributed by atoms with E-state index in [1.54, 1.807) is 12.1 Å². The van der Waals surface area contributed by atoms with Gasteiger partial charge in [-0.25, -0.2) is 0 Å². The topological polar surface area (TPSA) is 67.4 Å². The molecule has 3 aromatic rings. The number of amides is 2. The van der Waals surface area contributed by atoms with E-state index in [2.05, 4.69) is 10.6 Å². The molecule has 0 aliphatic rings. The zero-order valence-corrected chi connectivity index (χ0v) is 17.9. The van der Waals surface area contributed by atoms with Crippen molar-refractivity contribution in [3.8, 4) is 5.75 Å². The van der Waals surface area contributed by atoms with Crippen molar-refractivity contribution < 1.29 is 14.3 Å². The van der Waals surface area contributed by atoms with Crippen molar-refractivity contribution in [2.24, 2.45) is 0 Å². The van der Waals surface area contributed by atoms with Gasteiger partial charge in [0.05, 0.1) is 12.6 Å². The van der Waals surface area contributed by atoms with E-state index in [0.29, 0.717) is 12.2 Å². The number of carbonyl (C=O) groups excluding carboxylic acids is 2. The fourth-order valence-electron chi connectivity index (χ4n) is 3.37. The van der Waals surface area contributed by atoms with Gasteiger partial charge >= 0.3 is 0 Å². The summed E-state index contributed by atoms with van der Waals surface area (Å²) in [5, 5.41) is 6.00. The van der Waals surface area contributed by atoms with E-state index in [1.807, 2.05) is 86.6 Å². The molecule has 5 heteroatoms. The molecule has 0 saturated carbocycles. The second kappa shape index (κ2) is 11.0. The van der Waals surface area contributed by atoms with E-state index in [1.165, 1.54) is 0 Å². The third-order valence-corrected chi connectivity index (χ3v) is 4.87. The van der Waals surface area contributed by atoms with Gasteiger partial charge in [0.15, 0.2) is 0 Å². The zero-order valence-electron chi connectivity index (χ0n) is 17.9. The van der Waals surface area contributed by atoms with Crippen LogP contribution in [-0.4, -0.2) is 24.5 Å². The molecule has 0 radical (unpaired) electrons. The van der Waals surface area contributed by atoms with Crippen molar-refractivity contribution in [1.82, 2.24) is 10.6 Å². The fourth-order valence-corrected chi connectivity index (χ4v) is 3.37. The summed E-state index contributed by atoms with van der Waals surface area (Å²) in [6.07, 6.45) is 0.180. The predicted octanol–water partition coefficient (Wildman–Crippen LogP) is 4.50. The van der Waals surface area contributed by atoms with Crippen LogP contribution in [0.15, 0.2) is 84.9 Å². The lowest BCUT2D eigenvalue weighted by atomic mass is 9.98. The molecule has 2 atom stereocenters. The molecule has 0 spiro atoms. The van der Waals surface area contributed by atoms with Crippen LogP contribution >= 0.6 is 0 Å². The molecule has 31 heavy (non-hydrogen) atoms. The van der Waals surface area contributed by atoms with Crippen LogP contribution in [0.4, 0.5) is 0 Å². The number of hydrogen-bond donors (Lipinski definition) is 2. The number of rotatable bonds is 9. The standard InChI is InChI=1S/C26H28N2O3/c1-3-31-23-16-14-21(15-17-23)25(20-10-6-4-7-11-20)28-24(29)18-19(2)27-26(30)22-12-8-5-9-13-22/h4-17,19,25H,3,18H2,1-2H3,(H,27,30)(H,28,29)/t19-,25+/m1/s1. The van der Waals surface area contributed by atoms with E-state index in [-0.39, 0.29) is 30.3 Å². The van der Waals surface area contributed by atoms with Gasteiger partial charge in [-0.05, 0) is 49.2 Å². The van der Waals surface area contributed by atoms with E-state index < -0.39 is 0 Å². The van der Waals surface area contributed by atoms with E-state index in [0.717, 1.165) is 16.9 Å². The minimum Gasteiger partial charge on any atom is -0.494 e. The van der Waals surface area contributed by atoms with Gasteiger partial charge in [0.25, 0.3) is 5.91 Å². The lowest BCUT2D eigenvalue weighted by molar-refractivity contribution is -0.121. The predicted molar refractivity (Wildman–Crippen MR) is 122 cm³/mol. The van der Waals surface area contributed by atoms with E-state index in [9.17, 15) is 9.59 Å². The lowest BCUT2D eigenvalue weighted by Gasteiger charge is -2.22. The third-order valence-electron chi connectivity index (χ3n) is 4.87. The molecule has 0 aliphatic heterocycles. The van der Waals surface area contributed by atoms with Gasteiger partial charge in [-0.3, -0.25) is 9.59 Å². The summed E-state index contributed by atoms with van der Waals surface area (Å²) in [7, 11) is 0. The summed E-state index contributed by atoms with van der Waals surface area (Å²) in [6.45, 7) is 4.37. The highest BCUT2D eigenvalue weighted by molar-refractivity contribution is 5.94. The van der Waals surface area contributed by atoms with Gasteiger partial charge in [0.2, 0.25) is 5.91 Å². The minimum absolute atomic E-state index is 0.136. The third kappa shape index (κ3) is 6.44. The Bertz CT molecular complexity index is 973. The Kier molecular flexibility index (Phi) is 7.82. The molecule has 0 heterocycles. The number of nitrogens with one attached hydrogen (secondary N) is 2. The highest BCUT2D eigenvalue weighted by atomic mass is 16.5. The second-order valence-electron chi connectivity index (χ2n) is 7.36. The normalized spacial score (nSPS) is 12.5. The van der Waals surface area contributed by atoms with Gasteiger partial charge in [0.1, 0.15) is 5.75 Å². The van der Waals surface area contributed by atoms with Crippen LogP contribution in [0.25, 0.3) is 0 Å². The molecular formula is C26H28N2O3. The van der Waals surface area contributed by atoms with Crippen molar-refractivity contribution in [2.45, 2.75) is 32.4 Å². The maximum absolute atomic E-state index is 12.8. The van der Waals surface area contributed by atoms with Gasteiger partial charge in [-0.2, -0.15) is 0 Å². The first kappa shape index (κ1) is 22.1. The monoisotopic (exact) mass is 416 g/mol. The molecule has 160 valence electrons. The number of hydrogen-bond acceptors (Lipinski definition) is 3. The van der Waals surface area contributed by atoms with Gasteiger partial charge < -0.3 is 15.4 Å². The van der Waals surface area contributed by atoms with E-state index in [4.69, 9.17) is 4.74 Å². The Hall–Kier alpha value is -3.60. The number of ether oxygens (including phenoxy) is 1. The second-order valence-corrected chi connectivity index (χ2v) is 7.36. The molecule has 0 saturated heterocycles. The molecule has 0 aliphatic carbocycles.